The van der Waals surface area contributed by atoms with Gasteiger partial charge in [0.2, 0.25) is 11.8 Å². The number of ether oxygens (including phenoxy) is 3. The molecule has 0 radical (unpaired) electrons. The third kappa shape index (κ3) is 35.9. The number of esters is 3. The number of benzene rings is 3. The number of aromatic nitrogens is 3. The maximum absolute atomic E-state index is 14.2. The Balaban J connectivity index is 0.000000345. The van der Waals surface area contributed by atoms with E-state index >= 15 is 0 Å². The number of hydrogen-bond acceptors (Lipinski definition) is 24. The molecule has 7 N–H and O–H groups in total. The highest BCUT2D eigenvalue weighted by Crippen LogP contribution is 2.36. The molecule has 1 aliphatic rings. The molecular weight excluding hydrogens is 1670 g/mol. The Labute approximate surface area is 765 Å². The zero-order valence-corrected chi connectivity index (χ0v) is 81.3. The molecule has 0 bridgehead atoms. The number of nitrogens with zero attached hydrogens (tertiary/aromatic N) is 6. The number of carbonyl (C=O) groups excluding carboxylic acids is 11. The van der Waals surface area contributed by atoms with E-state index in [1.807, 2.05) is 174 Å². The number of carbonyl (C=O) groups is 12. The van der Waals surface area contributed by atoms with Gasteiger partial charge in [0.05, 0.1) is 18.0 Å². The summed E-state index contributed by atoms with van der Waals surface area (Å²) < 4.78 is 17.0. The molecule has 6 aromatic rings. The number of amides is 5. The number of rotatable bonds is 48. The number of ketones is 3. The average Bonchev–Trinajstić information content (AvgIpc) is 1.81. The second-order valence-electron chi connectivity index (χ2n) is 35.5. The SMILES string of the molecule is CC[C@H](C)[C@H](CC(=O)[C@H]1CCCCN1C)C(=O)N(C)[C@H](C[C@H](OC(C)=O)c1nc(C(=O)N[C@@H](Cc2ccccc2)C[C@H](C)C(C)=O)cs1)C(C)C.CC[C@H](C)[C@H](N)C(=O)N(C)[C@H](C[C@H](OC(C)=O)c1nc(C(=O)N[C@@H](Cc2ccccc2)C[C@H](C)C(C)=O)cs1)C(C)C.CN[C@H](C[C@H](OC(C)=O)c1nc(C(=O)N[C@@H](Cc2ccccc2)C[C@H](C)C(=O)O)cs1)C(C)C. The standard InChI is InChI=1S/C40H60N4O6S.C32H48N4O5S.C25H35N3O5S/c1-10-26(4)32(22-36(47)34-18-14-15-19-43(34)8)40(49)44(9)35(25(2)3)23-37(50-29(7)46)39-42-33(24-51-39)38(48)41-31(20-27(5)28(6)45)21-30-16-12-11-13-17-30;1-9-20(4)29(33)32(40)36(8)27(19(2)3)17-28(41-23(7)38)31-35-26(18-42-31)30(39)34-25(15-21(5)22(6)37)16-24-13-11-10-12-14-24;1-15(2)20(26-5)13-22(33-17(4)29)24-28-21(14-34-24)23(30)27-19(11-16(3)25(31)32)12-18-9-7-6-8-10-18/h11-13,16-17,24-27,31-32,34-35,37H,10,14-15,18-23H2,1-9H3,(H,41,48);10-14,18-21,25,27-29H,9,15-17,33H2,1-8H3,(H,34,39);6-10,14-16,19-20,22,26H,11-13H2,1-5H3,(H,27,30)(H,31,32)/t26-,27-,31+,32-,34+,35+,37-;20-,21-,25+,27+,28-,29-;16-,19+,20+,22-/m000/s1. The first kappa shape index (κ1) is 108. The molecule has 0 aliphatic carbocycles. The summed E-state index contributed by atoms with van der Waals surface area (Å²) in [5, 5.41) is 28.1. The van der Waals surface area contributed by atoms with E-state index in [2.05, 4.69) is 55.0 Å². The number of thiazole rings is 3. The van der Waals surface area contributed by atoms with Gasteiger partial charge >= 0.3 is 23.9 Å². The minimum absolute atomic E-state index is 0.000452. The number of carboxylic acids is 1. The van der Waals surface area contributed by atoms with Crippen LogP contribution in [-0.4, -0.2) is 189 Å². The maximum atomic E-state index is 14.2. The number of likely N-dealkylation sites (tertiary alicyclic amines) is 1. The summed E-state index contributed by atoms with van der Waals surface area (Å²) in [5.74, 6) is -4.47. The van der Waals surface area contributed by atoms with Gasteiger partial charge in [0.25, 0.3) is 17.7 Å². The average molecular weight is 1820 g/mol. The number of piperidine rings is 1. The number of nitrogens with one attached hydrogen (secondary N) is 4. The van der Waals surface area contributed by atoms with E-state index < -0.39 is 60.1 Å². The molecule has 0 unspecified atom stereocenters. The molecule has 1 aliphatic heterocycles. The zero-order chi connectivity index (χ0) is 94.6. The van der Waals surface area contributed by atoms with Crippen molar-refractivity contribution in [2.75, 3.05) is 34.7 Å². The molecule has 127 heavy (non-hydrogen) atoms. The molecule has 1 saturated heterocycles. The maximum Gasteiger partial charge on any atom is 0.306 e. The third-order valence-corrected chi connectivity index (χ3v) is 27.1. The van der Waals surface area contributed by atoms with Crippen molar-refractivity contribution in [3.05, 3.63) is 156 Å². The molecule has 0 spiro atoms. The van der Waals surface area contributed by atoms with Gasteiger partial charge in [-0.2, -0.15) is 0 Å². The molecular formula is C97H143N11O16S3. The fourth-order valence-electron chi connectivity index (χ4n) is 15.7. The summed E-state index contributed by atoms with van der Waals surface area (Å²) in [6.07, 6.45) is 6.65. The second kappa shape index (κ2) is 54.2. The topological polar surface area (TPSA) is 375 Å². The lowest BCUT2D eigenvalue weighted by Crippen LogP contribution is -2.51. The first-order valence-corrected chi connectivity index (χ1v) is 47.5. The lowest BCUT2D eigenvalue weighted by molar-refractivity contribution is -0.150. The number of aliphatic carboxylic acids is 1. The van der Waals surface area contributed by atoms with E-state index in [0.717, 1.165) is 55.3 Å². The third-order valence-electron chi connectivity index (χ3n) is 24.3. The van der Waals surface area contributed by atoms with Crippen LogP contribution in [0.25, 0.3) is 0 Å². The molecule has 1 fully saturated rings. The van der Waals surface area contributed by atoms with Gasteiger partial charge in [-0.25, -0.2) is 15.0 Å². The summed E-state index contributed by atoms with van der Waals surface area (Å²) in [6, 6.07) is 27.0. The van der Waals surface area contributed by atoms with Gasteiger partial charge in [0.15, 0.2) is 24.1 Å². The van der Waals surface area contributed by atoms with Crippen molar-refractivity contribution in [3.63, 3.8) is 0 Å². The van der Waals surface area contributed by atoms with Crippen molar-refractivity contribution in [3.8, 4) is 0 Å². The Morgan fingerprint density at radius 2 is 0.835 bits per heavy atom. The van der Waals surface area contributed by atoms with E-state index in [1.165, 1.54) is 54.8 Å². The number of Topliss-reactive ketones (excluding diaryl/α,β-unsaturated/α-hetero) is 3. The largest absolute Gasteiger partial charge is 0.481 e. The van der Waals surface area contributed by atoms with Crippen molar-refractivity contribution in [2.45, 2.75) is 288 Å². The van der Waals surface area contributed by atoms with Crippen LogP contribution in [0.1, 0.15) is 283 Å². The van der Waals surface area contributed by atoms with Crippen LogP contribution in [0, 0.1) is 53.3 Å². The Morgan fingerprint density at radius 3 is 1.14 bits per heavy atom. The van der Waals surface area contributed by atoms with Crippen LogP contribution in [0.15, 0.2) is 107 Å². The number of carboxylic acid groups (broad SMARTS) is 1. The predicted molar refractivity (Wildman–Crippen MR) is 499 cm³/mol. The summed E-state index contributed by atoms with van der Waals surface area (Å²) in [5.41, 5.74) is 10.0. The van der Waals surface area contributed by atoms with Gasteiger partial charge in [0.1, 0.15) is 43.7 Å². The van der Waals surface area contributed by atoms with Gasteiger partial charge in [0, 0.05) is 131 Å². The minimum atomic E-state index is -0.906. The molecule has 7 rings (SSSR count). The summed E-state index contributed by atoms with van der Waals surface area (Å²) >= 11 is 3.74. The van der Waals surface area contributed by atoms with Crippen LogP contribution in [-0.2, 0) is 76.6 Å². The molecule has 30 heteroatoms. The Morgan fingerprint density at radius 1 is 0.488 bits per heavy atom. The summed E-state index contributed by atoms with van der Waals surface area (Å²) in [6.45, 7) is 33.6. The van der Waals surface area contributed by atoms with Crippen molar-refractivity contribution in [1.82, 2.24) is 50.9 Å². The van der Waals surface area contributed by atoms with Gasteiger partial charge in [-0.15, -0.1) is 34.0 Å². The monoisotopic (exact) mass is 1810 g/mol. The molecule has 17 atom stereocenters. The smallest absolute Gasteiger partial charge is 0.306 e. The van der Waals surface area contributed by atoms with Crippen LogP contribution >= 0.6 is 34.0 Å². The van der Waals surface area contributed by atoms with Crippen molar-refractivity contribution >= 4 is 105 Å². The van der Waals surface area contributed by atoms with Crippen molar-refractivity contribution < 1.29 is 76.9 Å². The van der Waals surface area contributed by atoms with Gasteiger partial charge < -0.3 is 56.1 Å². The van der Waals surface area contributed by atoms with Crippen LogP contribution in [0.5, 0.6) is 0 Å². The Kier molecular flexibility index (Phi) is 46.2. The molecule has 3 aromatic carbocycles. The number of hydrogen-bond donors (Lipinski definition) is 6. The zero-order valence-electron chi connectivity index (χ0n) is 78.8. The normalized spacial score (nSPS) is 16.6. The molecule has 3 aromatic heterocycles. The van der Waals surface area contributed by atoms with Crippen molar-refractivity contribution in [1.29, 1.82) is 0 Å². The van der Waals surface area contributed by atoms with Crippen LogP contribution in [0.2, 0.25) is 0 Å². The van der Waals surface area contributed by atoms with Gasteiger partial charge in [-0.05, 0) is 132 Å². The Hall–Kier alpha value is -9.33. The molecule has 700 valence electrons. The summed E-state index contributed by atoms with van der Waals surface area (Å²) in [7, 11) is 7.36. The van der Waals surface area contributed by atoms with E-state index in [4.69, 9.17) is 19.9 Å². The first-order valence-electron chi connectivity index (χ1n) is 44.8. The fourth-order valence-corrected chi connectivity index (χ4v) is 18.2. The minimum Gasteiger partial charge on any atom is -0.481 e. The van der Waals surface area contributed by atoms with Crippen molar-refractivity contribution in [2.24, 2.45) is 59.0 Å². The first-order chi connectivity index (χ1) is 60.0. The highest BCUT2D eigenvalue weighted by atomic mass is 32.1. The molecule has 0 saturated carbocycles. The van der Waals surface area contributed by atoms with E-state index in [-0.39, 0.29) is 155 Å². The molecule has 5 amide bonds. The molecule has 27 nitrogen and oxygen atoms in total. The highest BCUT2D eigenvalue weighted by molar-refractivity contribution is 7.10. The van der Waals surface area contributed by atoms with E-state index in [1.54, 1.807) is 60.8 Å². The fraction of sp³-hybridized carbons (Fsp3) is 0.598. The van der Waals surface area contributed by atoms with Crippen LogP contribution in [0.4, 0.5) is 0 Å². The van der Waals surface area contributed by atoms with Gasteiger partial charge in [-0.3, -0.25) is 62.4 Å². The second-order valence-corrected chi connectivity index (χ2v) is 38.2. The number of likely N-dealkylation sites (N-methyl/N-ethyl adjacent to an activating group) is 2. The van der Waals surface area contributed by atoms with E-state index in [0.29, 0.717) is 72.3 Å². The van der Waals surface area contributed by atoms with Crippen LogP contribution < -0.4 is 27.0 Å². The Bertz CT molecular complexity index is 4470. The quantitative estimate of drug-likeness (QED) is 0.0153. The predicted octanol–water partition coefficient (Wildman–Crippen LogP) is 15.5. The number of nitrogens with two attached hydrogens (primary N) is 1. The van der Waals surface area contributed by atoms with E-state index in [9.17, 15) is 62.6 Å². The highest BCUT2D eigenvalue weighted by Gasteiger charge is 2.40. The summed E-state index contributed by atoms with van der Waals surface area (Å²) in [4.78, 5) is 172. The lowest BCUT2D eigenvalue weighted by atomic mass is 9.83. The lowest BCUT2D eigenvalue weighted by Gasteiger charge is -2.37. The van der Waals surface area contributed by atoms with Crippen LogP contribution in [0.3, 0.4) is 0 Å². The molecule has 4 heterocycles. The van der Waals surface area contributed by atoms with Gasteiger partial charge in [-0.1, -0.05) is 200 Å².